The SMILES string of the molecule is CCOc1cc(C=NNC(=O)c2ccccc2C(F)(F)F)ccc1OCc1ccc(Br)cc1. The number of nitrogens with zero attached hydrogens (tertiary/aromatic N) is 1. The van der Waals surface area contributed by atoms with E-state index in [2.05, 4.69) is 26.5 Å². The van der Waals surface area contributed by atoms with E-state index in [1.54, 1.807) is 18.2 Å². The zero-order chi connectivity index (χ0) is 23.8. The molecule has 3 rings (SSSR count). The Kier molecular flexibility index (Phi) is 8.11. The molecule has 1 amide bonds. The molecule has 0 aliphatic carbocycles. The molecule has 0 bridgehead atoms. The topological polar surface area (TPSA) is 59.9 Å². The number of carbonyl (C=O) groups excluding carboxylic acids is 1. The van der Waals surface area contributed by atoms with Crippen molar-refractivity contribution in [3.63, 3.8) is 0 Å². The number of hydrazone groups is 1. The van der Waals surface area contributed by atoms with Crippen LogP contribution in [0.5, 0.6) is 11.5 Å². The van der Waals surface area contributed by atoms with Crippen molar-refractivity contribution in [2.75, 3.05) is 6.61 Å². The fraction of sp³-hybridized carbons (Fsp3) is 0.167. The number of ether oxygens (including phenoxy) is 2. The van der Waals surface area contributed by atoms with Crippen LogP contribution >= 0.6 is 15.9 Å². The Morgan fingerprint density at radius 2 is 1.76 bits per heavy atom. The number of benzene rings is 3. The number of amides is 1. The fourth-order valence-corrected chi connectivity index (χ4v) is 3.15. The van der Waals surface area contributed by atoms with Gasteiger partial charge in [0.1, 0.15) is 6.61 Å². The lowest BCUT2D eigenvalue weighted by atomic mass is 10.1. The van der Waals surface area contributed by atoms with Gasteiger partial charge in [-0.1, -0.05) is 40.2 Å². The highest BCUT2D eigenvalue weighted by molar-refractivity contribution is 9.10. The van der Waals surface area contributed by atoms with Crippen molar-refractivity contribution in [1.29, 1.82) is 0 Å². The predicted octanol–water partition coefficient (Wildman–Crippen LogP) is 6.21. The first kappa shape index (κ1) is 24.3. The lowest BCUT2D eigenvalue weighted by molar-refractivity contribution is -0.137. The highest BCUT2D eigenvalue weighted by atomic mass is 79.9. The summed E-state index contributed by atoms with van der Waals surface area (Å²) in [5.74, 6) is 0.0472. The summed E-state index contributed by atoms with van der Waals surface area (Å²) in [7, 11) is 0. The van der Waals surface area contributed by atoms with Gasteiger partial charge in [-0.2, -0.15) is 18.3 Å². The average molecular weight is 521 g/mol. The molecule has 0 unspecified atom stereocenters. The molecule has 33 heavy (non-hydrogen) atoms. The van der Waals surface area contributed by atoms with Gasteiger partial charge in [-0.3, -0.25) is 4.79 Å². The second-order valence-electron chi connectivity index (χ2n) is 6.80. The fourth-order valence-electron chi connectivity index (χ4n) is 2.89. The summed E-state index contributed by atoms with van der Waals surface area (Å²) in [5.41, 5.74) is 2.15. The molecule has 0 saturated heterocycles. The minimum atomic E-state index is -4.64. The number of hydrogen-bond donors (Lipinski definition) is 1. The Labute approximate surface area is 197 Å². The van der Waals surface area contributed by atoms with E-state index in [-0.39, 0.29) is 0 Å². The first-order chi connectivity index (χ1) is 15.8. The number of carbonyl (C=O) groups is 1. The molecule has 1 N–H and O–H groups in total. The second kappa shape index (κ2) is 11.0. The number of alkyl halides is 3. The third-order valence-electron chi connectivity index (χ3n) is 4.43. The van der Waals surface area contributed by atoms with E-state index in [0.717, 1.165) is 22.2 Å². The van der Waals surface area contributed by atoms with E-state index < -0.39 is 23.2 Å². The molecule has 0 aliphatic heterocycles. The van der Waals surface area contributed by atoms with Gasteiger partial charge in [-0.05, 0) is 60.5 Å². The van der Waals surface area contributed by atoms with Crippen molar-refractivity contribution >= 4 is 28.1 Å². The maximum absolute atomic E-state index is 13.1. The van der Waals surface area contributed by atoms with E-state index in [4.69, 9.17) is 9.47 Å². The van der Waals surface area contributed by atoms with E-state index >= 15 is 0 Å². The lowest BCUT2D eigenvalue weighted by Gasteiger charge is -2.13. The molecule has 0 aromatic heterocycles. The zero-order valence-corrected chi connectivity index (χ0v) is 19.1. The van der Waals surface area contributed by atoms with Crippen molar-refractivity contribution in [3.05, 3.63) is 93.5 Å². The van der Waals surface area contributed by atoms with Crippen molar-refractivity contribution < 1.29 is 27.4 Å². The summed E-state index contributed by atoms with van der Waals surface area (Å²) in [4.78, 5) is 12.2. The van der Waals surface area contributed by atoms with Crippen LogP contribution in [0, 0.1) is 0 Å². The minimum absolute atomic E-state index is 0.343. The molecule has 0 spiro atoms. The molecule has 0 heterocycles. The van der Waals surface area contributed by atoms with Gasteiger partial charge in [-0.25, -0.2) is 5.43 Å². The second-order valence-corrected chi connectivity index (χ2v) is 7.71. The van der Waals surface area contributed by atoms with Crippen LogP contribution in [-0.2, 0) is 12.8 Å². The van der Waals surface area contributed by atoms with Crippen LogP contribution in [0.2, 0.25) is 0 Å². The van der Waals surface area contributed by atoms with Gasteiger partial charge in [0.2, 0.25) is 0 Å². The van der Waals surface area contributed by atoms with Gasteiger partial charge < -0.3 is 9.47 Å². The van der Waals surface area contributed by atoms with Crippen LogP contribution in [-0.4, -0.2) is 18.7 Å². The van der Waals surface area contributed by atoms with Crippen LogP contribution < -0.4 is 14.9 Å². The van der Waals surface area contributed by atoms with Gasteiger partial charge in [0.05, 0.1) is 23.9 Å². The maximum Gasteiger partial charge on any atom is 0.417 e. The Morgan fingerprint density at radius 1 is 1.03 bits per heavy atom. The number of nitrogens with one attached hydrogen (secondary N) is 1. The van der Waals surface area contributed by atoms with Crippen molar-refractivity contribution in [2.24, 2.45) is 5.10 Å². The van der Waals surface area contributed by atoms with Crippen LogP contribution in [0.25, 0.3) is 0 Å². The smallest absolute Gasteiger partial charge is 0.417 e. The standard InChI is InChI=1S/C24H20BrF3N2O3/c1-2-32-22-13-17(9-12-21(22)33-15-16-7-10-18(25)11-8-16)14-29-30-23(31)19-5-3-4-6-20(19)24(26,27)28/h3-14H,2,15H2,1H3,(H,30,31). The van der Waals surface area contributed by atoms with Crippen molar-refractivity contribution in [1.82, 2.24) is 5.43 Å². The Morgan fingerprint density at radius 3 is 2.45 bits per heavy atom. The van der Waals surface area contributed by atoms with Crippen LogP contribution in [0.1, 0.15) is 34.0 Å². The van der Waals surface area contributed by atoms with Crippen LogP contribution in [0.4, 0.5) is 13.2 Å². The first-order valence-electron chi connectivity index (χ1n) is 9.91. The number of hydrogen-bond acceptors (Lipinski definition) is 4. The van der Waals surface area contributed by atoms with E-state index in [1.807, 2.05) is 31.2 Å². The molecule has 172 valence electrons. The molecule has 3 aromatic rings. The first-order valence-corrected chi connectivity index (χ1v) is 10.7. The van der Waals surface area contributed by atoms with Gasteiger partial charge in [0, 0.05) is 4.47 Å². The normalized spacial score (nSPS) is 11.4. The van der Waals surface area contributed by atoms with E-state index in [1.165, 1.54) is 18.3 Å². The molecule has 0 aliphatic rings. The number of halogens is 4. The lowest BCUT2D eigenvalue weighted by Crippen LogP contribution is -2.22. The van der Waals surface area contributed by atoms with Crippen molar-refractivity contribution in [2.45, 2.75) is 19.7 Å². The largest absolute Gasteiger partial charge is 0.490 e. The Bertz CT molecular complexity index is 1130. The van der Waals surface area contributed by atoms with Crippen LogP contribution in [0.15, 0.2) is 76.3 Å². The monoisotopic (exact) mass is 520 g/mol. The molecular weight excluding hydrogens is 501 g/mol. The summed E-state index contributed by atoms with van der Waals surface area (Å²) in [6.07, 6.45) is -3.33. The Balaban J connectivity index is 1.69. The highest BCUT2D eigenvalue weighted by Gasteiger charge is 2.34. The number of rotatable bonds is 8. The van der Waals surface area contributed by atoms with Gasteiger partial charge in [0.15, 0.2) is 11.5 Å². The predicted molar refractivity (Wildman–Crippen MR) is 123 cm³/mol. The highest BCUT2D eigenvalue weighted by Crippen LogP contribution is 2.32. The molecular formula is C24H20BrF3N2O3. The maximum atomic E-state index is 13.1. The van der Waals surface area contributed by atoms with Gasteiger partial charge >= 0.3 is 6.18 Å². The van der Waals surface area contributed by atoms with Crippen LogP contribution in [0.3, 0.4) is 0 Å². The summed E-state index contributed by atoms with van der Waals surface area (Å²) in [5, 5.41) is 3.78. The Hall–Kier alpha value is -3.33. The molecule has 0 atom stereocenters. The summed E-state index contributed by atoms with van der Waals surface area (Å²) < 4.78 is 51.7. The minimum Gasteiger partial charge on any atom is -0.490 e. The molecule has 9 heteroatoms. The molecule has 0 fully saturated rings. The van der Waals surface area contributed by atoms with Crippen molar-refractivity contribution in [3.8, 4) is 11.5 Å². The van der Waals surface area contributed by atoms with Gasteiger partial charge in [-0.15, -0.1) is 0 Å². The molecule has 0 saturated carbocycles. The van der Waals surface area contributed by atoms with Gasteiger partial charge in [0.25, 0.3) is 5.91 Å². The molecule has 3 aromatic carbocycles. The molecule has 5 nitrogen and oxygen atoms in total. The summed E-state index contributed by atoms with van der Waals surface area (Å²) >= 11 is 3.39. The third-order valence-corrected chi connectivity index (χ3v) is 4.96. The average Bonchev–Trinajstić information content (AvgIpc) is 2.79. The molecule has 0 radical (unpaired) electrons. The van der Waals surface area contributed by atoms with E-state index in [0.29, 0.717) is 30.3 Å². The summed E-state index contributed by atoms with van der Waals surface area (Å²) in [6, 6.07) is 17.3. The third kappa shape index (κ3) is 6.82. The quantitative estimate of drug-likeness (QED) is 0.283. The zero-order valence-electron chi connectivity index (χ0n) is 17.5. The summed E-state index contributed by atoms with van der Waals surface area (Å²) in [6.45, 7) is 2.58. The van der Waals surface area contributed by atoms with E-state index in [9.17, 15) is 18.0 Å².